The van der Waals surface area contributed by atoms with Crippen molar-refractivity contribution >= 4 is 29.9 Å². The molecular formula is C12H19IN4. The Kier molecular flexibility index (Phi) is 5.17. The number of guanidine groups is 1. The zero-order valence-corrected chi connectivity index (χ0v) is 12.7. The number of nitrogens with one attached hydrogen (secondary N) is 2. The van der Waals surface area contributed by atoms with E-state index in [2.05, 4.69) is 41.4 Å². The lowest BCUT2D eigenvalue weighted by atomic mass is 10.2. The summed E-state index contributed by atoms with van der Waals surface area (Å²) in [6.07, 6.45) is 3.68. The topological polar surface area (TPSA) is 49.3 Å². The standard InChI is InChI=1S/C12H18N4.HI/c1-8-4-5-13-6-11(8)7-14-12-15-9(2)10(3)16-12;/h4-6,9-10H,7H2,1-3H3,(H2,14,15,16);1H. The lowest BCUT2D eigenvalue weighted by molar-refractivity contribution is 0.583. The third kappa shape index (κ3) is 3.55. The quantitative estimate of drug-likeness (QED) is 0.804. The van der Waals surface area contributed by atoms with Crippen LogP contribution in [0, 0.1) is 6.92 Å². The molecule has 1 aromatic heterocycles. The SMILES string of the molecule is Cc1ccncc1CN=C1NC(C)C(C)N1.I. The molecule has 1 aliphatic rings. The fourth-order valence-corrected chi connectivity index (χ4v) is 1.64. The lowest BCUT2D eigenvalue weighted by Gasteiger charge is -2.04. The van der Waals surface area contributed by atoms with Crippen LogP contribution < -0.4 is 10.6 Å². The van der Waals surface area contributed by atoms with E-state index in [1.54, 1.807) is 0 Å². The summed E-state index contributed by atoms with van der Waals surface area (Å²) in [5.74, 6) is 0.892. The fourth-order valence-electron chi connectivity index (χ4n) is 1.64. The largest absolute Gasteiger partial charge is 0.352 e. The molecule has 0 aromatic carbocycles. The Hall–Kier alpha value is -0.850. The molecule has 17 heavy (non-hydrogen) atoms. The van der Waals surface area contributed by atoms with Gasteiger partial charge >= 0.3 is 0 Å². The molecule has 94 valence electrons. The second-order valence-electron chi connectivity index (χ2n) is 4.33. The van der Waals surface area contributed by atoms with E-state index >= 15 is 0 Å². The zero-order chi connectivity index (χ0) is 11.5. The van der Waals surface area contributed by atoms with Crippen molar-refractivity contribution in [3.8, 4) is 0 Å². The van der Waals surface area contributed by atoms with Crippen LogP contribution in [-0.4, -0.2) is 23.0 Å². The number of pyridine rings is 1. The van der Waals surface area contributed by atoms with Gasteiger partial charge in [-0.3, -0.25) is 4.98 Å². The molecule has 4 nitrogen and oxygen atoms in total. The van der Waals surface area contributed by atoms with Crippen LogP contribution >= 0.6 is 24.0 Å². The molecule has 2 unspecified atom stereocenters. The molecule has 0 radical (unpaired) electrons. The van der Waals surface area contributed by atoms with E-state index in [4.69, 9.17) is 0 Å². The van der Waals surface area contributed by atoms with Crippen molar-refractivity contribution in [1.29, 1.82) is 0 Å². The highest BCUT2D eigenvalue weighted by atomic mass is 127. The van der Waals surface area contributed by atoms with Gasteiger partial charge in [-0.1, -0.05) is 0 Å². The van der Waals surface area contributed by atoms with Crippen LogP contribution in [0.15, 0.2) is 23.5 Å². The number of aryl methyl sites for hydroxylation is 1. The third-order valence-corrected chi connectivity index (χ3v) is 3.03. The first kappa shape index (κ1) is 14.2. The highest BCUT2D eigenvalue weighted by Gasteiger charge is 2.21. The maximum absolute atomic E-state index is 4.51. The van der Waals surface area contributed by atoms with Crippen molar-refractivity contribution in [2.45, 2.75) is 39.4 Å². The van der Waals surface area contributed by atoms with Gasteiger partial charge in [-0.05, 0) is 38.0 Å². The minimum Gasteiger partial charge on any atom is -0.352 e. The Morgan fingerprint density at radius 1 is 1.29 bits per heavy atom. The summed E-state index contributed by atoms with van der Waals surface area (Å²) >= 11 is 0. The Bertz CT molecular complexity index is 393. The molecule has 0 amide bonds. The first-order valence-electron chi connectivity index (χ1n) is 5.64. The summed E-state index contributed by atoms with van der Waals surface area (Å²) in [5.41, 5.74) is 2.41. The molecule has 1 aromatic rings. The lowest BCUT2D eigenvalue weighted by Crippen LogP contribution is -2.26. The van der Waals surface area contributed by atoms with Crippen molar-refractivity contribution in [2.75, 3.05) is 0 Å². The van der Waals surface area contributed by atoms with Crippen LogP contribution in [0.4, 0.5) is 0 Å². The maximum atomic E-state index is 4.51. The van der Waals surface area contributed by atoms with E-state index in [-0.39, 0.29) is 24.0 Å². The summed E-state index contributed by atoms with van der Waals surface area (Å²) in [4.78, 5) is 8.62. The number of hydrogen-bond donors (Lipinski definition) is 2. The van der Waals surface area contributed by atoms with Gasteiger partial charge in [-0.25, -0.2) is 4.99 Å². The Morgan fingerprint density at radius 2 is 1.94 bits per heavy atom. The summed E-state index contributed by atoms with van der Waals surface area (Å²) in [6, 6.07) is 2.89. The van der Waals surface area contributed by atoms with Crippen molar-refractivity contribution in [2.24, 2.45) is 4.99 Å². The van der Waals surface area contributed by atoms with Crippen molar-refractivity contribution in [3.63, 3.8) is 0 Å². The average molecular weight is 346 g/mol. The minimum atomic E-state index is 0. The molecule has 1 saturated heterocycles. The van der Waals surface area contributed by atoms with Gasteiger partial charge in [0.05, 0.1) is 6.54 Å². The van der Waals surface area contributed by atoms with Crippen molar-refractivity contribution < 1.29 is 0 Å². The van der Waals surface area contributed by atoms with Crippen LogP contribution in [-0.2, 0) is 6.54 Å². The molecule has 2 N–H and O–H groups in total. The van der Waals surface area contributed by atoms with Gasteiger partial charge in [0, 0.05) is 24.5 Å². The molecule has 2 heterocycles. The molecule has 0 bridgehead atoms. The Morgan fingerprint density at radius 3 is 2.53 bits per heavy atom. The highest BCUT2D eigenvalue weighted by molar-refractivity contribution is 14.0. The fraction of sp³-hybridized carbons (Fsp3) is 0.500. The molecule has 2 atom stereocenters. The molecule has 2 rings (SSSR count). The summed E-state index contributed by atoms with van der Waals surface area (Å²) < 4.78 is 0. The van der Waals surface area contributed by atoms with Gasteiger partial charge in [0.1, 0.15) is 0 Å². The van der Waals surface area contributed by atoms with Gasteiger partial charge in [-0.15, -0.1) is 24.0 Å². The van der Waals surface area contributed by atoms with Gasteiger partial charge in [0.2, 0.25) is 0 Å². The first-order chi connectivity index (χ1) is 7.66. The van der Waals surface area contributed by atoms with Gasteiger partial charge < -0.3 is 10.6 Å². The Labute approximate surface area is 119 Å². The summed E-state index contributed by atoms with van der Waals surface area (Å²) in [6.45, 7) is 7.05. The molecule has 0 spiro atoms. The second kappa shape index (κ2) is 6.18. The van der Waals surface area contributed by atoms with Crippen molar-refractivity contribution in [1.82, 2.24) is 15.6 Å². The maximum Gasteiger partial charge on any atom is 0.192 e. The monoisotopic (exact) mass is 346 g/mol. The van der Waals surface area contributed by atoms with Crippen LogP contribution in [0.1, 0.15) is 25.0 Å². The zero-order valence-electron chi connectivity index (χ0n) is 10.4. The van der Waals surface area contributed by atoms with E-state index in [1.807, 2.05) is 18.5 Å². The molecule has 5 heteroatoms. The number of nitrogens with zero attached hydrogens (tertiary/aromatic N) is 2. The summed E-state index contributed by atoms with van der Waals surface area (Å²) in [5, 5.41) is 6.62. The number of aromatic nitrogens is 1. The average Bonchev–Trinajstić information content (AvgIpc) is 2.57. The first-order valence-corrected chi connectivity index (χ1v) is 5.64. The Balaban J connectivity index is 0.00000144. The third-order valence-electron chi connectivity index (χ3n) is 3.03. The number of rotatable bonds is 2. The van der Waals surface area contributed by atoms with Gasteiger partial charge in [-0.2, -0.15) is 0 Å². The molecule has 0 saturated carbocycles. The number of hydrogen-bond acceptors (Lipinski definition) is 2. The smallest absolute Gasteiger partial charge is 0.192 e. The summed E-state index contributed by atoms with van der Waals surface area (Å²) in [7, 11) is 0. The predicted octanol–water partition coefficient (Wildman–Crippen LogP) is 1.83. The molecular weight excluding hydrogens is 327 g/mol. The highest BCUT2D eigenvalue weighted by Crippen LogP contribution is 2.07. The van der Waals surface area contributed by atoms with E-state index < -0.39 is 0 Å². The normalized spacial score (nSPS) is 22.4. The number of aliphatic imine (C=N–C) groups is 1. The minimum absolute atomic E-state index is 0. The van der Waals surface area contributed by atoms with Crippen LogP contribution in [0.25, 0.3) is 0 Å². The molecule has 1 fully saturated rings. The van der Waals surface area contributed by atoms with Gasteiger partial charge in [0.15, 0.2) is 5.96 Å². The van der Waals surface area contributed by atoms with Crippen LogP contribution in [0.3, 0.4) is 0 Å². The van der Waals surface area contributed by atoms with Gasteiger partial charge in [0.25, 0.3) is 0 Å². The molecule has 0 aliphatic carbocycles. The van der Waals surface area contributed by atoms with Crippen molar-refractivity contribution in [3.05, 3.63) is 29.6 Å². The van der Waals surface area contributed by atoms with E-state index in [0.29, 0.717) is 18.6 Å². The number of halogens is 1. The van der Waals surface area contributed by atoms with Crippen LogP contribution in [0.2, 0.25) is 0 Å². The second-order valence-corrected chi connectivity index (χ2v) is 4.33. The predicted molar refractivity (Wildman–Crippen MR) is 80.7 cm³/mol. The van der Waals surface area contributed by atoms with E-state index in [0.717, 1.165) is 5.96 Å². The molecule has 1 aliphatic heterocycles. The van der Waals surface area contributed by atoms with E-state index in [1.165, 1.54) is 11.1 Å². The van der Waals surface area contributed by atoms with E-state index in [9.17, 15) is 0 Å². The van der Waals surface area contributed by atoms with Crippen LogP contribution in [0.5, 0.6) is 0 Å².